The summed E-state index contributed by atoms with van der Waals surface area (Å²) >= 11 is 0. The minimum Gasteiger partial charge on any atom is -0.478 e. The number of rotatable bonds is 8. The average Bonchev–Trinajstić information content (AvgIpc) is 3.53. The molecule has 3 aromatic rings. The molecule has 0 bridgehead atoms. The monoisotopic (exact) mass is 464 g/mol. The van der Waals surface area contributed by atoms with E-state index in [0.717, 1.165) is 0 Å². The number of H-pyrrole nitrogens is 1. The zero-order chi connectivity index (χ0) is 24.3. The number of nitrogen functional groups attached to an aromatic ring is 1. The van der Waals surface area contributed by atoms with Crippen LogP contribution in [0.25, 0.3) is 22.8 Å². The van der Waals surface area contributed by atoms with Crippen molar-refractivity contribution in [2.24, 2.45) is 0 Å². The van der Waals surface area contributed by atoms with Gasteiger partial charge >= 0.3 is 6.09 Å². The number of carbonyl (C=O) groups excluding carboxylic acids is 1. The topological polar surface area (TPSA) is 190 Å². The van der Waals surface area contributed by atoms with Crippen molar-refractivity contribution >= 4 is 17.9 Å². The van der Waals surface area contributed by atoms with Gasteiger partial charge in [0, 0.05) is 18.8 Å². The van der Waals surface area contributed by atoms with Gasteiger partial charge in [0.05, 0.1) is 37.9 Å². The third-order valence-electron chi connectivity index (χ3n) is 5.35. The lowest BCUT2D eigenvalue weighted by Gasteiger charge is -2.14. The predicted octanol–water partition coefficient (Wildman–Crippen LogP) is 1.63. The highest BCUT2D eigenvalue weighted by Crippen LogP contribution is 2.47. The van der Waals surface area contributed by atoms with Crippen molar-refractivity contribution in [3.8, 4) is 34.7 Å². The van der Waals surface area contributed by atoms with Crippen LogP contribution in [0.2, 0.25) is 0 Å². The van der Waals surface area contributed by atoms with E-state index in [1.165, 1.54) is 20.4 Å². The van der Waals surface area contributed by atoms with Gasteiger partial charge in [-0.25, -0.2) is 29.7 Å². The molecule has 13 nitrogen and oxygen atoms in total. The molecule has 1 unspecified atom stereocenters. The normalized spacial score (nSPS) is 14.5. The summed E-state index contributed by atoms with van der Waals surface area (Å²) < 4.78 is 9.81. The molecule has 176 valence electrons. The lowest BCUT2D eigenvalue weighted by molar-refractivity contribution is 0.168. The van der Waals surface area contributed by atoms with E-state index in [4.69, 9.17) is 15.5 Å². The number of nitrogens with one attached hydrogen (secondary N) is 3. The quantitative estimate of drug-likeness (QED) is 0.379. The molecule has 1 aliphatic carbocycles. The number of imidazole rings is 1. The van der Waals surface area contributed by atoms with Gasteiger partial charge in [-0.1, -0.05) is 0 Å². The van der Waals surface area contributed by atoms with Gasteiger partial charge in [-0.15, -0.1) is 0 Å². The number of nitrogens with zero attached hydrogens (tertiary/aromatic N) is 6. The predicted molar refractivity (Wildman–Crippen MR) is 122 cm³/mol. The summed E-state index contributed by atoms with van der Waals surface area (Å²) in [7, 11) is 2.76. The summed E-state index contributed by atoms with van der Waals surface area (Å²) in [6.45, 7) is 2.19. The molecule has 0 aromatic carbocycles. The number of nitriles is 1. The number of methoxy groups -OCH3 is 2. The molecule has 13 heteroatoms. The number of aromatic amines is 1. The molecule has 1 saturated carbocycles. The third-order valence-corrected chi connectivity index (χ3v) is 5.35. The Morgan fingerprint density at radius 3 is 2.76 bits per heavy atom. The van der Waals surface area contributed by atoms with Crippen molar-refractivity contribution in [2.45, 2.75) is 31.2 Å². The molecule has 0 spiro atoms. The van der Waals surface area contributed by atoms with Gasteiger partial charge in [-0.3, -0.25) is 0 Å². The molecule has 5 N–H and O–H groups in total. The first-order valence-electron chi connectivity index (χ1n) is 10.5. The van der Waals surface area contributed by atoms with E-state index in [1.807, 2.05) is 6.92 Å². The van der Waals surface area contributed by atoms with E-state index in [0.29, 0.717) is 53.9 Å². The fraction of sp³-hybridized carbons (Fsp3) is 0.381. The molecule has 3 heterocycles. The zero-order valence-corrected chi connectivity index (χ0v) is 18.9. The number of anilines is 2. The van der Waals surface area contributed by atoms with Crippen molar-refractivity contribution in [1.82, 2.24) is 35.2 Å². The third kappa shape index (κ3) is 4.51. The van der Waals surface area contributed by atoms with Crippen molar-refractivity contribution in [3.05, 3.63) is 24.3 Å². The fourth-order valence-corrected chi connectivity index (χ4v) is 3.28. The molecule has 1 fully saturated rings. The van der Waals surface area contributed by atoms with E-state index < -0.39 is 11.5 Å². The van der Waals surface area contributed by atoms with Gasteiger partial charge in [0.25, 0.3) is 5.88 Å². The maximum absolute atomic E-state index is 11.4. The van der Waals surface area contributed by atoms with Crippen molar-refractivity contribution < 1.29 is 14.3 Å². The highest BCUT2D eigenvalue weighted by molar-refractivity contribution is 5.76. The van der Waals surface area contributed by atoms with Crippen LogP contribution in [-0.2, 0) is 10.2 Å². The smallest absolute Gasteiger partial charge is 0.407 e. The largest absolute Gasteiger partial charge is 0.478 e. The van der Waals surface area contributed by atoms with Crippen LogP contribution in [-0.4, -0.2) is 62.8 Å². The van der Waals surface area contributed by atoms with Crippen LogP contribution in [0, 0.1) is 11.3 Å². The van der Waals surface area contributed by atoms with E-state index in [2.05, 4.69) is 46.4 Å². The molecule has 4 rings (SSSR count). The first kappa shape index (κ1) is 22.7. The Labute approximate surface area is 195 Å². The molecule has 1 aliphatic rings. The second-order valence-electron chi connectivity index (χ2n) is 7.84. The van der Waals surface area contributed by atoms with Crippen molar-refractivity contribution in [1.29, 1.82) is 5.26 Å². The summed E-state index contributed by atoms with van der Waals surface area (Å²) in [5, 5.41) is 15.4. The first-order chi connectivity index (χ1) is 16.4. The molecular formula is C21H24N10O3. The highest BCUT2D eigenvalue weighted by atomic mass is 16.5. The summed E-state index contributed by atoms with van der Waals surface area (Å²) in [5.74, 6) is 1.22. The molecule has 1 amide bonds. The molecule has 0 aliphatic heterocycles. The van der Waals surface area contributed by atoms with E-state index in [1.54, 1.807) is 12.3 Å². The molecule has 3 aromatic heterocycles. The fourth-order valence-electron chi connectivity index (χ4n) is 3.28. The second-order valence-corrected chi connectivity index (χ2v) is 7.84. The maximum atomic E-state index is 11.4. The number of amides is 1. The summed E-state index contributed by atoms with van der Waals surface area (Å²) in [6.07, 6.45) is 4.00. The summed E-state index contributed by atoms with van der Waals surface area (Å²) in [4.78, 5) is 36.7. The Balaban J connectivity index is 1.68. The number of hydrogen-bond acceptors (Lipinski definition) is 11. The maximum Gasteiger partial charge on any atom is 0.407 e. The Hall–Kier alpha value is -4.47. The van der Waals surface area contributed by atoms with Crippen LogP contribution < -0.4 is 21.1 Å². The summed E-state index contributed by atoms with van der Waals surface area (Å²) in [5.41, 5.74) is 7.14. The average molecular weight is 464 g/mol. The van der Waals surface area contributed by atoms with Gasteiger partial charge in [0.1, 0.15) is 22.6 Å². The van der Waals surface area contributed by atoms with Gasteiger partial charge in [-0.05, 0) is 25.8 Å². The zero-order valence-electron chi connectivity index (χ0n) is 18.9. The van der Waals surface area contributed by atoms with Crippen molar-refractivity contribution in [3.63, 3.8) is 0 Å². The summed E-state index contributed by atoms with van der Waals surface area (Å²) in [6, 6.07) is 3.84. The standard InChI is InChI=1S/C21H24N10O3/c1-11(27-20(32)34-3)8-26-19-24-7-4-12(29-19)14-15(13-9-25-16(23)17(28-13)33-2)31-18(30-14)21(10-22)5-6-21/h4,7,9,11H,5-6,8H2,1-3H3,(H2,23,25)(H,27,32)(H,30,31)(H,24,26,29). The SMILES string of the molecule is COC(=O)NC(C)CNc1nccc(-c2[nH]c(C3(C#N)CC3)nc2-c2cnc(N)c(OC)n2)n1. The lowest BCUT2D eigenvalue weighted by Crippen LogP contribution is -2.37. The Bertz CT molecular complexity index is 1250. The van der Waals surface area contributed by atoms with E-state index in [9.17, 15) is 10.1 Å². The molecule has 0 radical (unpaired) electrons. The minimum atomic E-state index is -0.651. The van der Waals surface area contributed by atoms with E-state index in [-0.39, 0.29) is 17.7 Å². The minimum absolute atomic E-state index is 0.155. The molecule has 1 atom stereocenters. The van der Waals surface area contributed by atoms with Gasteiger partial charge in [0.15, 0.2) is 5.82 Å². The number of carbonyl (C=O) groups is 1. The Morgan fingerprint density at radius 1 is 1.29 bits per heavy atom. The van der Waals surface area contributed by atoms with E-state index >= 15 is 0 Å². The van der Waals surface area contributed by atoms with Crippen LogP contribution >= 0.6 is 0 Å². The number of hydrogen-bond donors (Lipinski definition) is 4. The number of alkyl carbamates (subject to hydrolysis) is 1. The number of ether oxygens (including phenoxy) is 2. The Kier molecular flexibility index (Phi) is 6.13. The molecule has 34 heavy (non-hydrogen) atoms. The second kappa shape index (κ2) is 9.18. The van der Waals surface area contributed by atoms with Crippen LogP contribution in [0.3, 0.4) is 0 Å². The Morgan fingerprint density at radius 2 is 2.09 bits per heavy atom. The lowest BCUT2D eigenvalue weighted by atomic mass is 10.1. The van der Waals surface area contributed by atoms with Crippen LogP contribution in [0.1, 0.15) is 25.6 Å². The van der Waals surface area contributed by atoms with Crippen LogP contribution in [0.4, 0.5) is 16.6 Å². The van der Waals surface area contributed by atoms with Gasteiger partial charge in [0.2, 0.25) is 5.95 Å². The van der Waals surface area contributed by atoms with Crippen LogP contribution in [0.5, 0.6) is 5.88 Å². The number of nitrogens with two attached hydrogens (primary N) is 1. The van der Waals surface area contributed by atoms with Crippen LogP contribution in [0.15, 0.2) is 18.5 Å². The molecule has 0 saturated heterocycles. The highest BCUT2D eigenvalue weighted by Gasteiger charge is 2.48. The van der Waals surface area contributed by atoms with Crippen molar-refractivity contribution in [2.75, 3.05) is 31.8 Å². The van der Waals surface area contributed by atoms with Gasteiger partial charge in [-0.2, -0.15) is 5.26 Å². The number of aromatic nitrogens is 6. The first-order valence-corrected chi connectivity index (χ1v) is 10.5. The molecular weight excluding hydrogens is 440 g/mol. The van der Waals surface area contributed by atoms with Gasteiger partial charge < -0.3 is 30.8 Å².